The topological polar surface area (TPSA) is 20.2 Å². The maximum Gasteiger partial charge on any atom is 0.0653 e. The lowest BCUT2D eigenvalue weighted by Gasteiger charge is -2.20. The number of hydrogen-bond donors (Lipinski definition) is 1. The van der Waals surface area contributed by atoms with E-state index in [1.54, 1.807) is 0 Å². The van der Waals surface area contributed by atoms with Gasteiger partial charge in [0.25, 0.3) is 0 Å². The molecular formula is C8H16O. The molecule has 9 heavy (non-hydrogen) atoms. The first-order valence-electron chi connectivity index (χ1n) is 3.34. The van der Waals surface area contributed by atoms with Crippen LogP contribution in [0.25, 0.3) is 0 Å². The van der Waals surface area contributed by atoms with Gasteiger partial charge in [-0.2, -0.15) is 0 Å². The molecule has 0 spiro atoms. The lowest BCUT2D eigenvalue weighted by molar-refractivity contribution is 0.0566. The lowest BCUT2D eigenvalue weighted by atomic mass is 9.96. The zero-order chi connectivity index (χ0) is 7.49. The first kappa shape index (κ1) is 8.70. The van der Waals surface area contributed by atoms with Crippen LogP contribution in [0.3, 0.4) is 0 Å². The zero-order valence-electron chi connectivity index (χ0n) is 6.57. The van der Waals surface area contributed by atoms with Crippen molar-refractivity contribution in [1.29, 1.82) is 0 Å². The van der Waals surface area contributed by atoms with Crippen LogP contribution in [-0.4, -0.2) is 10.7 Å². The van der Waals surface area contributed by atoms with Crippen LogP contribution in [0.4, 0.5) is 0 Å². The standard InChI is InChI=1S/C8H16O/c1-5-8(4,9)6-7(2)3/h9H,2,5-6H2,1,3-4H3. The molecule has 0 fully saturated rings. The lowest BCUT2D eigenvalue weighted by Crippen LogP contribution is -2.22. The van der Waals surface area contributed by atoms with Gasteiger partial charge in [0.05, 0.1) is 5.60 Å². The van der Waals surface area contributed by atoms with Gasteiger partial charge >= 0.3 is 0 Å². The van der Waals surface area contributed by atoms with E-state index < -0.39 is 5.60 Å². The normalized spacial score (nSPS) is 16.9. The van der Waals surface area contributed by atoms with Crippen LogP contribution >= 0.6 is 0 Å². The molecule has 1 unspecified atom stereocenters. The van der Waals surface area contributed by atoms with Crippen LogP contribution < -0.4 is 0 Å². The summed E-state index contributed by atoms with van der Waals surface area (Å²) in [5.74, 6) is 0. The predicted molar refractivity (Wildman–Crippen MR) is 40.3 cm³/mol. The molecule has 0 amide bonds. The van der Waals surface area contributed by atoms with Gasteiger partial charge < -0.3 is 5.11 Å². The average Bonchev–Trinajstić information content (AvgIpc) is 1.63. The Hall–Kier alpha value is -0.300. The summed E-state index contributed by atoms with van der Waals surface area (Å²) in [5.41, 5.74) is 0.508. The van der Waals surface area contributed by atoms with Crippen molar-refractivity contribution in [3.8, 4) is 0 Å². The van der Waals surface area contributed by atoms with Gasteiger partial charge in [0.15, 0.2) is 0 Å². The van der Waals surface area contributed by atoms with Crippen molar-refractivity contribution in [2.45, 2.75) is 39.2 Å². The highest BCUT2D eigenvalue weighted by Gasteiger charge is 2.16. The molecule has 1 heteroatoms. The van der Waals surface area contributed by atoms with Crippen LogP contribution in [0.2, 0.25) is 0 Å². The fourth-order valence-corrected chi connectivity index (χ4v) is 0.775. The maximum absolute atomic E-state index is 9.43. The van der Waals surface area contributed by atoms with E-state index >= 15 is 0 Å². The summed E-state index contributed by atoms with van der Waals surface area (Å²) < 4.78 is 0. The van der Waals surface area contributed by atoms with Gasteiger partial charge in [0.1, 0.15) is 0 Å². The summed E-state index contributed by atoms with van der Waals surface area (Å²) in [4.78, 5) is 0. The average molecular weight is 128 g/mol. The highest BCUT2D eigenvalue weighted by molar-refractivity contribution is 4.94. The second-order valence-electron chi connectivity index (χ2n) is 2.98. The molecule has 0 aromatic rings. The summed E-state index contributed by atoms with van der Waals surface area (Å²) in [5, 5.41) is 9.43. The van der Waals surface area contributed by atoms with E-state index in [9.17, 15) is 5.11 Å². The van der Waals surface area contributed by atoms with E-state index in [0.717, 1.165) is 12.0 Å². The summed E-state index contributed by atoms with van der Waals surface area (Å²) in [7, 11) is 0. The van der Waals surface area contributed by atoms with Crippen LogP contribution in [0, 0.1) is 0 Å². The van der Waals surface area contributed by atoms with Gasteiger partial charge in [0, 0.05) is 0 Å². The van der Waals surface area contributed by atoms with Crippen LogP contribution in [-0.2, 0) is 0 Å². The van der Waals surface area contributed by atoms with E-state index in [2.05, 4.69) is 6.58 Å². The molecule has 0 aromatic heterocycles. The molecule has 0 heterocycles. The molecule has 0 aliphatic heterocycles. The second kappa shape index (κ2) is 3.02. The maximum atomic E-state index is 9.43. The van der Waals surface area contributed by atoms with Gasteiger partial charge in [-0.15, -0.1) is 6.58 Å². The van der Waals surface area contributed by atoms with Crippen molar-refractivity contribution in [2.75, 3.05) is 0 Å². The van der Waals surface area contributed by atoms with Gasteiger partial charge in [-0.1, -0.05) is 12.5 Å². The Balaban J connectivity index is 3.71. The Kier molecular flexibility index (Phi) is 2.92. The van der Waals surface area contributed by atoms with Crippen LogP contribution in [0.5, 0.6) is 0 Å². The fraction of sp³-hybridized carbons (Fsp3) is 0.750. The quantitative estimate of drug-likeness (QED) is 0.577. The van der Waals surface area contributed by atoms with E-state index in [-0.39, 0.29) is 0 Å². The number of aliphatic hydroxyl groups is 1. The molecule has 0 aliphatic rings. The Morgan fingerprint density at radius 2 is 2.11 bits per heavy atom. The van der Waals surface area contributed by atoms with Gasteiger partial charge in [-0.25, -0.2) is 0 Å². The smallest absolute Gasteiger partial charge is 0.0653 e. The largest absolute Gasteiger partial charge is 0.390 e. The van der Waals surface area contributed by atoms with E-state index in [0.29, 0.717) is 6.42 Å². The molecule has 54 valence electrons. The minimum atomic E-state index is -0.536. The highest BCUT2D eigenvalue weighted by atomic mass is 16.3. The van der Waals surface area contributed by atoms with Crippen molar-refractivity contribution in [2.24, 2.45) is 0 Å². The van der Waals surface area contributed by atoms with Crippen molar-refractivity contribution in [1.82, 2.24) is 0 Å². The molecule has 0 saturated carbocycles. The summed E-state index contributed by atoms with van der Waals surface area (Å²) in [6.07, 6.45) is 1.50. The molecule has 1 atom stereocenters. The van der Waals surface area contributed by atoms with E-state index in [1.807, 2.05) is 20.8 Å². The molecule has 0 radical (unpaired) electrons. The first-order chi connectivity index (χ1) is 3.98. The molecule has 0 aliphatic carbocycles. The molecule has 0 saturated heterocycles. The number of rotatable bonds is 3. The minimum Gasteiger partial charge on any atom is -0.390 e. The third kappa shape index (κ3) is 4.22. The van der Waals surface area contributed by atoms with Crippen molar-refractivity contribution in [3.05, 3.63) is 12.2 Å². The third-order valence-corrected chi connectivity index (χ3v) is 1.44. The van der Waals surface area contributed by atoms with Crippen LogP contribution in [0.1, 0.15) is 33.6 Å². The predicted octanol–water partition coefficient (Wildman–Crippen LogP) is 2.11. The Bertz CT molecular complexity index is 103. The molecule has 0 aromatic carbocycles. The number of hydrogen-bond acceptors (Lipinski definition) is 1. The van der Waals surface area contributed by atoms with Crippen molar-refractivity contribution >= 4 is 0 Å². The van der Waals surface area contributed by atoms with E-state index in [4.69, 9.17) is 0 Å². The molecule has 0 rings (SSSR count). The zero-order valence-corrected chi connectivity index (χ0v) is 6.57. The highest BCUT2D eigenvalue weighted by Crippen LogP contribution is 2.17. The molecule has 1 nitrogen and oxygen atoms in total. The van der Waals surface area contributed by atoms with Gasteiger partial charge in [-0.05, 0) is 26.7 Å². The van der Waals surface area contributed by atoms with Crippen molar-refractivity contribution in [3.63, 3.8) is 0 Å². The fourth-order valence-electron chi connectivity index (χ4n) is 0.775. The van der Waals surface area contributed by atoms with Gasteiger partial charge in [0.2, 0.25) is 0 Å². The van der Waals surface area contributed by atoms with E-state index in [1.165, 1.54) is 0 Å². The molecule has 0 bridgehead atoms. The van der Waals surface area contributed by atoms with Crippen molar-refractivity contribution < 1.29 is 5.11 Å². The SMILES string of the molecule is C=C(C)CC(C)(O)CC. The Labute approximate surface area is 57.4 Å². The van der Waals surface area contributed by atoms with Gasteiger partial charge in [-0.3, -0.25) is 0 Å². The monoisotopic (exact) mass is 128 g/mol. The Morgan fingerprint density at radius 3 is 2.22 bits per heavy atom. The Morgan fingerprint density at radius 1 is 1.67 bits per heavy atom. The molecular weight excluding hydrogens is 112 g/mol. The summed E-state index contributed by atoms with van der Waals surface area (Å²) in [6, 6.07) is 0. The minimum absolute atomic E-state index is 0.536. The first-order valence-corrected chi connectivity index (χ1v) is 3.34. The van der Waals surface area contributed by atoms with Crippen LogP contribution in [0.15, 0.2) is 12.2 Å². The summed E-state index contributed by atoms with van der Waals surface area (Å²) in [6.45, 7) is 9.47. The second-order valence-corrected chi connectivity index (χ2v) is 2.98. The molecule has 1 N–H and O–H groups in total. The third-order valence-electron chi connectivity index (χ3n) is 1.44. The summed E-state index contributed by atoms with van der Waals surface area (Å²) >= 11 is 0.